The van der Waals surface area contributed by atoms with E-state index in [4.69, 9.17) is 79.6 Å². The Hall–Kier alpha value is -11.7. The molecule has 8 aromatic heterocycles. The van der Waals surface area contributed by atoms with Crippen LogP contribution < -0.4 is 33.6 Å². The first kappa shape index (κ1) is 107. The molecule has 4 aromatic carbocycles. The van der Waals surface area contributed by atoms with Crippen molar-refractivity contribution in [3.63, 3.8) is 0 Å². The summed E-state index contributed by atoms with van der Waals surface area (Å²) in [6.07, 6.45) is 25.0. The molecule has 4 amide bonds. The number of aromatic nitrogens is 12. The van der Waals surface area contributed by atoms with Gasteiger partial charge in [-0.05, 0) is 222 Å². The minimum Gasteiger partial charge on any atom is -0.378 e. The van der Waals surface area contributed by atoms with Gasteiger partial charge in [-0.1, -0.05) is 54.1 Å². The first-order valence-electron chi connectivity index (χ1n) is 51.7. The number of aryl methyl sites for hydroxylation is 2. The van der Waals surface area contributed by atoms with E-state index >= 15 is 0 Å². The summed E-state index contributed by atoms with van der Waals surface area (Å²) in [5.74, 6) is 2.67. The van der Waals surface area contributed by atoms with Crippen LogP contribution in [0.1, 0.15) is 275 Å². The number of piperidine rings is 4. The highest BCUT2D eigenvalue weighted by Crippen LogP contribution is 2.46. The second kappa shape index (κ2) is 44.9. The number of nitrogens with one attached hydrogen (secondary N) is 4. The van der Waals surface area contributed by atoms with Crippen molar-refractivity contribution in [3.8, 4) is 0 Å². The lowest BCUT2D eigenvalue weighted by Gasteiger charge is -2.35. The van der Waals surface area contributed by atoms with Crippen molar-refractivity contribution >= 4 is 161 Å². The van der Waals surface area contributed by atoms with Crippen LogP contribution in [0.2, 0.25) is 15.1 Å². The predicted octanol–water partition coefficient (Wildman–Crippen LogP) is 16.1. The Labute approximate surface area is 888 Å². The van der Waals surface area contributed by atoms with Gasteiger partial charge in [0.05, 0.1) is 143 Å². The van der Waals surface area contributed by atoms with E-state index in [2.05, 4.69) is 68.7 Å². The minimum atomic E-state index is -3.64. The van der Waals surface area contributed by atoms with Crippen molar-refractivity contribution in [3.05, 3.63) is 215 Å². The molecule has 10 fully saturated rings. The molecule has 3 saturated carbocycles. The second-order valence-electron chi connectivity index (χ2n) is 41.1. The highest BCUT2D eigenvalue weighted by molar-refractivity contribution is 7.92. The Morgan fingerprint density at radius 1 is 0.327 bits per heavy atom. The molecule has 7 aliphatic heterocycles. The van der Waals surface area contributed by atoms with E-state index in [9.17, 15) is 57.2 Å². The van der Waals surface area contributed by atoms with E-state index in [1.165, 1.54) is 74.6 Å². The standard InChI is InChI=1S/C28H35ClN6O4S.C27H34ClN7O3S.C27H33ClN6O4S.C22H26FN5O3S/c1-40(37,38)32-22-10-9-20(29)16-21(22)28(36)34-11-5-4-8-25(34)24-17-26-30-23(19-6-2-3-7-19)18-27(35(26)31-24)33-12-14-39-15-13-33;1-32-11-13-33(14-12-32)26-17-22(18-6-7-18)29-25-16-23(30-35(25)26)24-5-3-4-10-34(24)27(36)20-15-19(28)8-9-21(20)31-39(2,37)38;1-39(36,37)31-21-9-8-19(28)15-20(21)27(35)33-10-3-2-7-24(33)23-16-25-29-22(18-5-4-6-18)17-26(34(25)30-23)32-11-13-38-14-12-32;1-13-14(2)24-21-12-19(25-28(21)15(13)3)20-7-5-6-10-27(20)22(29)17-11-16(23)8-9-18(17)26-32(4,30)31/h9-10,16-19,25,32H,2-8,11-15H2,1H3;8-9,15-18,24,31H,3-7,10-14H2,1-2H3;8-9,15-18,24,31H,2-7,10-14H2,1H3;8-9,11-12,20,26H,5-7,10H2,1-4H3/t25-;2*24-;20-/m0000/s1. The summed E-state index contributed by atoms with van der Waals surface area (Å²) in [6.45, 7) is 17.7. The predicted molar refractivity (Wildman–Crippen MR) is 577 cm³/mol. The van der Waals surface area contributed by atoms with Crippen molar-refractivity contribution in [2.24, 2.45) is 0 Å². The van der Waals surface area contributed by atoms with Crippen LogP contribution in [-0.4, -0.2) is 277 Å². The summed E-state index contributed by atoms with van der Waals surface area (Å²) in [6, 6.07) is 30.8. The molecule has 0 radical (unpaired) electrons. The number of rotatable bonds is 22. The molecule has 3 aliphatic carbocycles. The number of amides is 4. The minimum absolute atomic E-state index is 0.0212. The smallest absolute Gasteiger partial charge is 0.256 e. The van der Waals surface area contributed by atoms with Gasteiger partial charge in [0.1, 0.15) is 23.3 Å². The summed E-state index contributed by atoms with van der Waals surface area (Å²) >= 11 is 18.7. The Morgan fingerprint density at radius 2 is 0.613 bits per heavy atom. The molecule has 46 heteroatoms. The molecule has 7 saturated heterocycles. The number of fused-ring (bicyclic) bond motifs is 4. The molecule has 12 aromatic rings. The van der Waals surface area contributed by atoms with Crippen LogP contribution in [0.3, 0.4) is 0 Å². The van der Waals surface area contributed by atoms with E-state index in [-0.39, 0.29) is 86.9 Å². The SMILES string of the molecule is CN1CCN(c2cc(C3CC3)nc3cc([C@@H]4CCCCN4C(=O)c4cc(Cl)ccc4NS(C)(=O)=O)nn23)CC1.CS(=O)(=O)Nc1ccc(Cl)cc1C(=O)N1CCCC[C@H]1c1cc2nc(C3CCC3)cc(N3CCOCC3)n2n1.CS(=O)(=O)Nc1ccc(Cl)cc1C(=O)N1CCCC[C@H]1c1cc2nc(C3CCCC3)cc(N3CCOCC3)n2n1.Cc1nc2cc([C@@H]3CCCCN3C(=O)c3cc(F)ccc3NS(C)(=O)=O)nn2c(C)c1C. The topological polar surface area (TPSA) is 418 Å². The van der Waals surface area contributed by atoms with Crippen LogP contribution >= 0.6 is 34.8 Å². The lowest BCUT2D eigenvalue weighted by molar-refractivity contribution is 0.0599. The molecular weight excluding hydrogens is 2060 g/mol. The average molecular weight is 2190 g/mol. The highest BCUT2D eigenvalue weighted by atomic mass is 35.5. The van der Waals surface area contributed by atoms with Gasteiger partial charge in [0.15, 0.2) is 22.6 Å². The van der Waals surface area contributed by atoms with Crippen molar-refractivity contribution < 1.29 is 66.7 Å². The Balaban J connectivity index is 0.000000126. The van der Waals surface area contributed by atoms with Crippen molar-refractivity contribution in [2.45, 2.75) is 198 Å². The number of hydrogen-bond acceptors (Lipinski definition) is 26. The van der Waals surface area contributed by atoms with Crippen LogP contribution in [0.4, 0.5) is 44.6 Å². The summed E-state index contributed by atoms with van der Waals surface area (Å²) in [5, 5.41) is 20.9. The normalized spacial score (nSPS) is 20.0. The zero-order valence-corrected chi connectivity index (χ0v) is 91.0. The first-order chi connectivity index (χ1) is 71.7. The molecule has 800 valence electrons. The van der Waals surface area contributed by atoms with Crippen molar-refractivity contribution in [2.75, 3.05) is 171 Å². The molecule has 0 spiro atoms. The summed E-state index contributed by atoms with van der Waals surface area (Å²) in [4.78, 5) is 91.4. The number of carbonyl (C=O) groups is 4. The van der Waals surface area contributed by atoms with Gasteiger partial charge in [-0.3, -0.25) is 38.1 Å². The van der Waals surface area contributed by atoms with E-state index < -0.39 is 51.8 Å². The van der Waals surface area contributed by atoms with Gasteiger partial charge in [-0.2, -0.15) is 33.9 Å². The van der Waals surface area contributed by atoms with Crippen LogP contribution in [0.25, 0.3) is 22.6 Å². The molecule has 38 nitrogen and oxygen atoms in total. The third-order valence-corrected chi connectivity index (χ3v) is 33.0. The van der Waals surface area contributed by atoms with Gasteiger partial charge in [-0.15, -0.1) is 0 Å². The third-order valence-electron chi connectivity index (χ3n) is 30.0. The number of carbonyl (C=O) groups excluding carboxylic acids is 4. The van der Waals surface area contributed by atoms with Crippen LogP contribution in [0.5, 0.6) is 0 Å². The van der Waals surface area contributed by atoms with Gasteiger partial charge in [0.25, 0.3) is 23.6 Å². The number of anilines is 7. The Bertz CT molecular complexity index is 7620. The molecule has 15 heterocycles. The number of likely N-dealkylation sites (tertiary alicyclic amines) is 4. The number of morpholine rings is 2. The van der Waals surface area contributed by atoms with E-state index in [1.54, 1.807) is 37.4 Å². The number of piperazine rings is 1. The van der Waals surface area contributed by atoms with Gasteiger partial charge >= 0.3 is 0 Å². The van der Waals surface area contributed by atoms with Gasteiger partial charge in [0, 0.05) is 182 Å². The molecule has 0 unspecified atom stereocenters. The van der Waals surface area contributed by atoms with Gasteiger partial charge < -0.3 is 48.7 Å². The second-order valence-corrected chi connectivity index (χ2v) is 49.4. The van der Waals surface area contributed by atoms with Crippen LogP contribution in [-0.2, 0) is 49.6 Å². The van der Waals surface area contributed by atoms with Crippen molar-refractivity contribution in [1.82, 2.24) is 82.9 Å². The summed E-state index contributed by atoms with van der Waals surface area (Å²) < 4.78 is 138. The zero-order valence-electron chi connectivity index (χ0n) is 85.5. The van der Waals surface area contributed by atoms with Crippen LogP contribution in [0, 0.1) is 26.6 Å². The fourth-order valence-electron chi connectivity index (χ4n) is 21.7. The summed E-state index contributed by atoms with van der Waals surface area (Å²) in [7, 11) is -12.2. The highest BCUT2D eigenvalue weighted by Gasteiger charge is 2.41. The molecule has 22 rings (SSSR count). The number of halogens is 4. The average Bonchev–Trinajstić information content (AvgIpc) is 1.64. The quantitative estimate of drug-likeness (QED) is 0.0489. The number of hydrogen-bond donors (Lipinski definition) is 4. The number of nitrogens with zero attached hydrogens (tertiary/aromatic N) is 20. The number of likely N-dealkylation sites (N-methyl/N-ethyl adjacent to an activating group) is 1. The first-order valence-corrected chi connectivity index (χ1v) is 60.4. The number of benzene rings is 4. The zero-order chi connectivity index (χ0) is 106. The Morgan fingerprint density at radius 3 is 0.927 bits per heavy atom. The molecule has 4 atom stereocenters. The summed E-state index contributed by atoms with van der Waals surface area (Å²) in [5.41, 5.74) is 13.9. The fraction of sp³-hybridized carbons (Fsp3) is 0.500. The van der Waals surface area contributed by atoms with Crippen LogP contribution in [0.15, 0.2) is 115 Å². The van der Waals surface area contributed by atoms with Crippen molar-refractivity contribution in [1.29, 1.82) is 0 Å². The molecule has 10 aliphatic rings. The Kier molecular flexibility index (Phi) is 32.0. The maximum atomic E-state index is 14.0. The number of ether oxygens (including phenoxy) is 2. The molecule has 0 bridgehead atoms. The lowest BCUT2D eigenvalue weighted by Crippen LogP contribution is -2.45. The van der Waals surface area contributed by atoms with E-state index in [0.717, 1.165) is 271 Å². The molecule has 4 N–H and O–H groups in total. The molecule has 150 heavy (non-hydrogen) atoms. The van der Waals surface area contributed by atoms with Gasteiger partial charge in [0.2, 0.25) is 40.1 Å². The van der Waals surface area contributed by atoms with E-state index in [0.29, 0.717) is 103 Å². The fourth-order valence-corrected chi connectivity index (χ4v) is 24.6. The maximum absolute atomic E-state index is 14.0. The van der Waals surface area contributed by atoms with Gasteiger partial charge in [-0.25, -0.2) is 62.5 Å². The maximum Gasteiger partial charge on any atom is 0.256 e. The monoisotopic (exact) mass is 2190 g/mol. The number of sulfonamides is 4. The lowest BCUT2D eigenvalue weighted by atomic mass is 9.83. The largest absolute Gasteiger partial charge is 0.378 e. The van der Waals surface area contributed by atoms with E-state index in [1.807, 2.05) is 63.5 Å². The molecular formula is C104H128Cl3FN24O14S4. The third kappa shape index (κ3) is 24.6.